The minimum absolute atomic E-state index is 0.00314. The van der Waals surface area contributed by atoms with Gasteiger partial charge in [0, 0.05) is 39.6 Å². The lowest BCUT2D eigenvalue weighted by atomic mass is 10.0. The molecule has 6 nitrogen and oxygen atoms in total. The molecular weight excluding hydrogens is 432 g/mol. The predicted molar refractivity (Wildman–Crippen MR) is 119 cm³/mol. The number of carboxylic acids is 1. The third-order valence-corrected chi connectivity index (χ3v) is 6.63. The Kier molecular flexibility index (Phi) is 6.66. The Morgan fingerprint density at radius 1 is 1.21 bits per heavy atom. The summed E-state index contributed by atoms with van der Waals surface area (Å²) in [7, 11) is 1.86. The van der Waals surface area contributed by atoms with Crippen molar-refractivity contribution in [1.82, 2.24) is 4.57 Å². The quantitative estimate of drug-likeness (QED) is 0.495. The molecule has 0 saturated carbocycles. The zero-order valence-electron chi connectivity index (χ0n) is 15.8. The molecule has 2 aromatic heterocycles. The lowest BCUT2D eigenvalue weighted by Crippen LogP contribution is -2.16. The zero-order chi connectivity index (χ0) is 21.1. The number of anilines is 1. The van der Waals surface area contributed by atoms with Gasteiger partial charge in [-0.2, -0.15) is 0 Å². The molecule has 152 valence electrons. The van der Waals surface area contributed by atoms with Crippen LogP contribution in [0.3, 0.4) is 0 Å². The number of thiophene rings is 1. The van der Waals surface area contributed by atoms with Gasteiger partial charge in [-0.3, -0.25) is 14.4 Å². The number of halogens is 1. The smallest absolute Gasteiger partial charge is 0.313 e. The van der Waals surface area contributed by atoms with Crippen LogP contribution in [0.2, 0.25) is 5.02 Å². The third-order valence-electron chi connectivity index (χ3n) is 4.28. The Hall–Kier alpha value is -2.29. The molecule has 9 heteroatoms. The molecule has 1 aromatic carbocycles. The van der Waals surface area contributed by atoms with Crippen LogP contribution in [-0.2, 0) is 23.1 Å². The number of carboxylic acid groups (broad SMARTS) is 1. The van der Waals surface area contributed by atoms with Crippen LogP contribution < -0.4 is 5.32 Å². The summed E-state index contributed by atoms with van der Waals surface area (Å²) in [5.41, 5.74) is 1.83. The second-order valence-electron chi connectivity index (χ2n) is 6.39. The molecule has 2 N–H and O–H groups in total. The summed E-state index contributed by atoms with van der Waals surface area (Å²) in [6.45, 7) is 1.98. The first-order valence-electron chi connectivity index (χ1n) is 8.81. The van der Waals surface area contributed by atoms with Gasteiger partial charge >= 0.3 is 5.97 Å². The summed E-state index contributed by atoms with van der Waals surface area (Å²) in [5, 5.41) is 13.2. The number of amides is 1. The molecule has 0 radical (unpaired) electrons. The Balaban J connectivity index is 1.91. The number of carbonyl (C=O) groups is 3. The molecule has 2 heterocycles. The van der Waals surface area contributed by atoms with Crippen molar-refractivity contribution < 1.29 is 19.5 Å². The normalized spacial score (nSPS) is 11.0. The molecular formula is C20H19ClN2O4S2. The fourth-order valence-corrected chi connectivity index (χ4v) is 4.68. The summed E-state index contributed by atoms with van der Waals surface area (Å²) in [5.74, 6) is -1.65. The van der Waals surface area contributed by atoms with Crippen LogP contribution in [0, 0.1) is 0 Å². The monoisotopic (exact) mass is 450 g/mol. The topological polar surface area (TPSA) is 88.4 Å². The van der Waals surface area contributed by atoms with Crippen molar-refractivity contribution in [3.05, 3.63) is 51.5 Å². The number of rotatable bonds is 8. The van der Waals surface area contributed by atoms with Crippen LogP contribution in [0.25, 0.3) is 10.9 Å². The Bertz CT molecular complexity index is 1100. The van der Waals surface area contributed by atoms with E-state index in [9.17, 15) is 14.4 Å². The number of carbonyl (C=O) groups excluding carboxylic acids is 2. The summed E-state index contributed by atoms with van der Waals surface area (Å²) in [4.78, 5) is 37.1. The van der Waals surface area contributed by atoms with Crippen molar-refractivity contribution in [3.63, 3.8) is 0 Å². The molecule has 0 spiro atoms. The average molecular weight is 451 g/mol. The van der Waals surface area contributed by atoms with E-state index in [0.29, 0.717) is 21.2 Å². The highest BCUT2D eigenvalue weighted by atomic mass is 35.5. The molecule has 3 rings (SSSR count). The molecule has 3 aromatic rings. The van der Waals surface area contributed by atoms with E-state index >= 15 is 0 Å². The van der Waals surface area contributed by atoms with E-state index < -0.39 is 5.97 Å². The fourth-order valence-electron chi connectivity index (χ4n) is 2.96. The van der Waals surface area contributed by atoms with E-state index in [2.05, 4.69) is 5.32 Å². The van der Waals surface area contributed by atoms with Gasteiger partial charge in [-0.1, -0.05) is 18.5 Å². The van der Waals surface area contributed by atoms with Gasteiger partial charge in [0.15, 0.2) is 5.78 Å². The van der Waals surface area contributed by atoms with Crippen molar-refractivity contribution in [1.29, 1.82) is 0 Å². The van der Waals surface area contributed by atoms with Crippen LogP contribution in [0.1, 0.15) is 27.7 Å². The number of fused-ring (bicyclic) bond motifs is 1. The molecule has 0 bridgehead atoms. The second kappa shape index (κ2) is 9.02. The van der Waals surface area contributed by atoms with Gasteiger partial charge in [0.2, 0.25) is 5.91 Å². The van der Waals surface area contributed by atoms with Crippen molar-refractivity contribution in [3.8, 4) is 0 Å². The maximum Gasteiger partial charge on any atom is 0.313 e. The molecule has 0 aliphatic carbocycles. The van der Waals surface area contributed by atoms with Gasteiger partial charge in [-0.15, -0.1) is 23.1 Å². The first-order valence-corrected chi connectivity index (χ1v) is 11.2. The SMILES string of the molecule is CCc1cc(C(=O)c2cn(C)c3ccc(Cl)cc23)c(NC(=O)CSCC(=O)O)s1. The van der Waals surface area contributed by atoms with Crippen LogP contribution in [0.5, 0.6) is 0 Å². The number of nitrogens with one attached hydrogen (secondary N) is 1. The molecule has 0 fully saturated rings. The molecule has 0 aliphatic rings. The number of aromatic nitrogens is 1. The van der Waals surface area contributed by atoms with Gasteiger partial charge in [-0.25, -0.2) is 0 Å². The van der Waals surface area contributed by atoms with Gasteiger partial charge in [0.1, 0.15) is 5.00 Å². The summed E-state index contributed by atoms with van der Waals surface area (Å²) in [6, 6.07) is 7.20. The van der Waals surface area contributed by atoms with E-state index in [1.807, 2.05) is 24.6 Å². The van der Waals surface area contributed by atoms with Gasteiger partial charge < -0.3 is 15.0 Å². The number of aryl methyl sites for hydroxylation is 2. The van der Waals surface area contributed by atoms with Gasteiger partial charge in [0.25, 0.3) is 0 Å². The summed E-state index contributed by atoms with van der Waals surface area (Å²) < 4.78 is 1.87. The number of hydrogen-bond donors (Lipinski definition) is 2. The van der Waals surface area contributed by atoms with Crippen LogP contribution in [0.15, 0.2) is 30.5 Å². The number of ketones is 1. The zero-order valence-corrected chi connectivity index (χ0v) is 18.2. The molecule has 0 saturated heterocycles. The van der Waals surface area contributed by atoms with E-state index in [-0.39, 0.29) is 23.2 Å². The van der Waals surface area contributed by atoms with Crippen molar-refractivity contribution in [2.45, 2.75) is 13.3 Å². The van der Waals surface area contributed by atoms with E-state index in [4.69, 9.17) is 16.7 Å². The van der Waals surface area contributed by atoms with E-state index in [1.54, 1.807) is 24.4 Å². The Morgan fingerprint density at radius 3 is 2.66 bits per heavy atom. The highest BCUT2D eigenvalue weighted by molar-refractivity contribution is 8.00. The Labute approximate surface area is 180 Å². The highest BCUT2D eigenvalue weighted by Gasteiger charge is 2.22. The Morgan fingerprint density at radius 2 is 1.97 bits per heavy atom. The first-order chi connectivity index (χ1) is 13.8. The minimum Gasteiger partial charge on any atom is -0.481 e. The van der Waals surface area contributed by atoms with Gasteiger partial charge in [-0.05, 0) is 30.7 Å². The van der Waals surface area contributed by atoms with Crippen molar-refractivity contribution in [2.75, 3.05) is 16.8 Å². The number of thioether (sulfide) groups is 1. The van der Waals surface area contributed by atoms with Gasteiger partial charge in [0.05, 0.1) is 17.1 Å². The van der Waals surface area contributed by atoms with Crippen molar-refractivity contribution >= 4 is 68.3 Å². The summed E-state index contributed by atoms with van der Waals surface area (Å²) >= 11 is 8.49. The number of aliphatic carboxylic acids is 1. The van der Waals surface area contributed by atoms with Crippen LogP contribution in [0.4, 0.5) is 5.00 Å². The number of benzene rings is 1. The minimum atomic E-state index is -0.974. The predicted octanol–water partition coefficient (Wildman–Crippen LogP) is 4.44. The summed E-state index contributed by atoms with van der Waals surface area (Å²) in [6.07, 6.45) is 2.50. The van der Waals surface area contributed by atoms with Crippen molar-refractivity contribution in [2.24, 2.45) is 7.05 Å². The van der Waals surface area contributed by atoms with E-state index in [1.165, 1.54) is 11.3 Å². The first kappa shape index (κ1) is 21.4. The molecule has 1 amide bonds. The lowest BCUT2D eigenvalue weighted by molar-refractivity contribution is -0.133. The largest absolute Gasteiger partial charge is 0.481 e. The average Bonchev–Trinajstić information content (AvgIpc) is 3.21. The number of nitrogens with zero attached hydrogens (tertiary/aromatic N) is 1. The molecule has 0 atom stereocenters. The maximum atomic E-state index is 13.3. The second-order valence-corrected chi connectivity index (χ2v) is 8.95. The standard InChI is InChI=1S/C20H19ClN2O4S2/c1-3-12-7-14(20(29-12)22-17(24)9-28-10-18(25)26)19(27)15-8-23(2)16-5-4-11(21)6-13(15)16/h4-8H,3,9-10H2,1-2H3,(H,22,24)(H,25,26). The fraction of sp³-hybridized carbons (Fsp3) is 0.250. The number of hydrogen-bond acceptors (Lipinski definition) is 5. The van der Waals surface area contributed by atoms with Crippen LogP contribution >= 0.6 is 34.7 Å². The molecule has 29 heavy (non-hydrogen) atoms. The molecule has 0 aliphatic heterocycles. The molecule has 0 unspecified atom stereocenters. The maximum absolute atomic E-state index is 13.3. The van der Waals surface area contributed by atoms with E-state index in [0.717, 1.165) is 34.0 Å². The third kappa shape index (κ3) is 4.83. The lowest BCUT2D eigenvalue weighted by Gasteiger charge is -2.05. The highest BCUT2D eigenvalue weighted by Crippen LogP contribution is 2.33. The van der Waals surface area contributed by atoms with Crippen LogP contribution in [-0.4, -0.2) is 38.8 Å².